The van der Waals surface area contributed by atoms with E-state index in [0.29, 0.717) is 19.6 Å². The molecule has 0 aliphatic rings. The van der Waals surface area contributed by atoms with E-state index in [1.807, 2.05) is 31.2 Å². The molecule has 1 unspecified atom stereocenters. The molecule has 0 radical (unpaired) electrons. The van der Waals surface area contributed by atoms with E-state index >= 15 is 0 Å². The van der Waals surface area contributed by atoms with Gasteiger partial charge in [0, 0.05) is 18.2 Å². The zero-order valence-electron chi connectivity index (χ0n) is 12.8. The summed E-state index contributed by atoms with van der Waals surface area (Å²) in [5, 5.41) is 3.36. The molecule has 5 heteroatoms. The summed E-state index contributed by atoms with van der Waals surface area (Å²) in [7, 11) is 0. The van der Waals surface area contributed by atoms with E-state index in [2.05, 4.69) is 12.2 Å². The largest absolute Gasteiger partial charge is 0.493 e. The minimum absolute atomic E-state index is 0.0423. The highest BCUT2D eigenvalue weighted by Gasteiger charge is 2.15. The Bertz CT molecular complexity index is 388. The average molecular weight is 301 g/mol. The van der Waals surface area contributed by atoms with Crippen LogP contribution in [0.5, 0.6) is 5.75 Å². The zero-order chi connectivity index (χ0) is 15.5. The highest BCUT2D eigenvalue weighted by molar-refractivity contribution is 5.36. The van der Waals surface area contributed by atoms with Crippen LogP contribution in [-0.2, 0) is 4.74 Å². The van der Waals surface area contributed by atoms with Crippen molar-refractivity contribution in [3.05, 3.63) is 29.8 Å². The Kier molecular flexibility index (Phi) is 8.94. The maximum atomic E-state index is 12.1. The smallest absolute Gasteiger partial charge is 0.261 e. The van der Waals surface area contributed by atoms with Crippen molar-refractivity contribution in [3.63, 3.8) is 0 Å². The van der Waals surface area contributed by atoms with E-state index < -0.39 is 13.0 Å². The maximum Gasteiger partial charge on any atom is 0.261 e. The molecular weight excluding hydrogens is 276 g/mol. The number of rotatable bonds is 11. The topological polar surface area (TPSA) is 30.5 Å². The van der Waals surface area contributed by atoms with Gasteiger partial charge < -0.3 is 14.8 Å². The summed E-state index contributed by atoms with van der Waals surface area (Å²) in [5.41, 5.74) is 1.05. The van der Waals surface area contributed by atoms with Crippen molar-refractivity contribution in [1.82, 2.24) is 5.32 Å². The summed E-state index contributed by atoms with van der Waals surface area (Å²) in [6, 6.07) is 7.88. The third kappa shape index (κ3) is 6.87. The molecule has 1 rings (SSSR count). The molecule has 1 N–H and O–H groups in total. The van der Waals surface area contributed by atoms with E-state index in [1.54, 1.807) is 0 Å². The SMILES string of the molecule is CCCOc1ccccc1C(CCOCC(F)F)NCC. The van der Waals surface area contributed by atoms with E-state index in [0.717, 1.165) is 24.3 Å². The van der Waals surface area contributed by atoms with E-state index in [9.17, 15) is 8.78 Å². The number of alkyl halides is 2. The molecule has 0 spiro atoms. The molecule has 3 nitrogen and oxygen atoms in total. The van der Waals surface area contributed by atoms with Crippen LogP contribution in [-0.4, -0.2) is 32.8 Å². The first-order valence-electron chi connectivity index (χ1n) is 7.50. The predicted octanol–water partition coefficient (Wildman–Crippen LogP) is 3.80. The Morgan fingerprint density at radius 1 is 1.14 bits per heavy atom. The van der Waals surface area contributed by atoms with Crippen molar-refractivity contribution in [2.24, 2.45) is 0 Å². The Labute approximate surface area is 125 Å². The van der Waals surface area contributed by atoms with Crippen molar-refractivity contribution in [3.8, 4) is 5.75 Å². The number of nitrogens with one attached hydrogen (secondary N) is 1. The molecule has 0 aliphatic carbocycles. The zero-order valence-corrected chi connectivity index (χ0v) is 12.8. The van der Waals surface area contributed by atoms with Crippen LogP contribution in [0.15, 0.2) is 24.3 Å². The first-order valence-corrected chi connectivity index (χ1v) is 7.50. The Morgan fingerprint density at radius 3 is 2.57 bits per heavy atom. The third-order valence-electron chi connectivity index (χ3n) is 3.00. The Morgan fingerprint density at radius 2 is 1.90 bits per heavy atom. The number of ether oxygens (including phenoxy) is 2. The number of hydrogen-bond acceptors (Lipinski definition) is 3. The van der Waals surface area contributed by atoms with Gasteiger partial charge in [0.15, 0.2) is 0 Å². The van der Waals surface area contributed by atoms with Gasteiger partial charge in [0.25, 0.3) is 6.43 Å². The Balaban J connectivity index is 2.65. The summed E-state index contributed by atoms with van der Waals surface area (Å²) in [5.74, 6) is 0.846. The lowest BCUT2D eigenvalue weighted by Crippen LogP contribution is -2.23. The second kappa shape index (κ2) is 10.5. The van der Waals surface area contributed by atoms with Crippen LogP contribution in [0.25, 0.3) is 0 Å². The van der Waals surface area contributed by atoms with Crippen molar-refractivity contribution in [1.29, 1.82) is 0 Å². The van der Waals surface area contributed by atoms with Gasteiger partial charge in [-0.15, -0.1) is 0 Å². The van der Waals surface area contributed by atoms with E-state index in [4.69, 9.17) is 9.47 Å². The van der Waals surface area contributed by atoms with Gasteiger partial charge in [-0.25, -0.2) is 8.78 Å². The van der Waals surface area contributed by atoms with Gasteiger partial charge in [-0.1, -0.05) is 32.0 Å². The standard InChI is InChI=1S/C16H25F2NO2/c1-3-10-21-15-8-6-5-7-13(15)14(19-4-2)9-11-20-12-16(17)18/h5-8,14,16,19H,3-4,9-12H2,1-2H3. The fourth-order valence-electron chi connectivity index (χ4n) is 2.10. The fraction of sp³-hybridized carbons (Fsp3) is 0.625. The number of halogens is 2. The molecule has 1 atom stereocenters. The van der Waals surface area contributed by atoms with Gasteiger partial charge in [-0.2, -0.15) is 0 Å². The van der Waals surface area contributed by atoms with Gasteiger partial charge >= 0.3 is 0 Å². The first kappa shape index (κ1) is 17.9. The molecule has 0 saturated heterocycles. The minimum atomic E-state index is -2.41. The summed E-state index contributed by atoms with van der Waals surface area (Å²) < 4.78 is 34.9. The summed E-state index contributed by atoms with van der Waals surface area (Å²) in [6.07, 6.45) is -0.840. The van der Waals surface area contributed by atoms with Gasteiger partial charge in [-0.3, -0.25) is 0 Å². The van der Waals surface area contributed by atoms with Crippen molar-refractivity contribution in [2.75, 3.05) is 26.4 Å². The second-order valence-electron chi connectivity index (χ2n) is 4.75. The summed E-state index contributed by atoms with van der Waals surface area (Å²) in [4.78, 5) is 0. The minimum Gasteiger partial charge on any atom is -0.493 e. The van der Waals surface area contributed by atoms with Crippen molar-refractivity contribution in [2.45, 2.75) is 39.2 Å². The van der Waals surface area contributed by atoms with Crippen LogP contribution in [0, 0.1) is 0 Å². The summed E-state index contributed by atoms with van der Waals surface area (Å²) in [6.45, 7) is 5.32. The number of hydrogen-bond donors (Lipinski definition) is 1. The molecule has 0 aliphatic heterocycles. The highest BCUT2D eigenvalue weighted by Crippen LogP contribution is 2.27. The molecule has 120 valence electrons. The monoisotopic (exact) mass is 301 g/mol. The molecule has 21 heavy (non-hydrogen) atoms. The van der Waals surface area contributed by atoms with Crippen LogP contribution < -0.4 is 10.1 Å². The maximum absolute atomic E-state index is 12.1. The summed E-state index contributed by atoms with van der Waals surface area (Å²) >= 11 is 0. The quantitative estimate of drug-likeness (QED) is 0.631. The molecule has 0 saturated carbocycles. The molecule has 0 fully saturated rings. The van der Waals surface area contributed by atoms with Gasteiger partial charge in [-0.05, 0) is 25.5 Å². The average Bonchev–Trinajstić information content (AvgIpc) is 2.48. The van der Waals surface area contributed by atoms with Crippen molar-refractivity contribution < 1.29 is 18.3 Å². The number of benzene rings is 1. The lowest BCUT2D eigenvalue weighted by molar-refractivity contribution is 0.0143. The van der Waals surface area contributed by atoms with Crippen LogP contribution >= 0.6 is 0 Å². The van der Waals surface area contributed by atoms with Crippen LogP contribution in [0.3, 0.4) is 0 Å². The molecule has 1 aromatic carbocycles. The van der Waals surface area contributed by atoms with E-state index in [1.165, 1.54) is 0 Å². The fourth-order valence-corrected chi connectivity index (χ4v) is 2.10. The van der Waals surface area contributed by atoms with Crippen LogP contribution in [0.2, 0.25) is 0 Å². The molecule has 0 heterocycles. The van der Waals surface area contributed by atoms with Gasteiger partial charge in [0.05, 0.1) is 6.61 Å². The molecule has 0 amide bonds. The van der Waals surface area contributed by atoms with Gasteiger partial charge in [0.1, 0.15) is 12.4 Å². The normalized spacial score (nSPS) is 12.6. The number of para-hydroxylation sites is 1. The molecular formula is C16H25F2NO2. The van der Waals surface area contributed by atoms with Crippen LogP contribution in [0.1, 0.15) is 38.3 Å². The second-order valence-corrected chi connectivity index (χ2v) is 4.75. The lowest BCUT2D eigenvalue weighted by atomic mass is 10.0. The van der Waals surface area contributed by atoms with Crippen LogP contribution in [0.4, 0.5) is 8.78 Å². The van der Waals surface area contributed by atoms with E-state index in [-0.39, 0.29) is 6.04 Å². The highest BCUT2D eigenvalue weighted by atomic mass is 19.3. The third-order valence-corrected chi connectivity index (χ3v) is 3.00. The Hall–Kier alpha value is -1.20. The first-order chi connectivity index (χ1) is 10.2. The lowest BCUT2D eigenvalue weighted by Gasteiger charge is -2.21. The molecule has 0 bridgehead atoms. The van der Waals surface area contributed by atoms with Gasteiger partial charge in [0.2, 0.25) is 0 Å². The van der Waals surface area contributed by atoms with Crippen molar-refractivity contribution >= 4 is 0 Å². The molecule has 1 aromatic rings. The predicted molar refractivity (Wildman–Crippen MR) is 80.1 cm³/mol. The molecule has 0 aromatic heterocycles.